The molecule has 10 nitrogen and oxygen atoms in total. The second-order valence-electron chi connectivity index (χ2n) is 3.10. The largest absolute Gasteiger partial charge is 1.00 e. The average Bonchev–Trinajstić information content (AvgIpc) is 2.21. The van der Waals surface area contributed by atoms with Gasteiger partial charge in [-0.25, -0.2) is 4.57 Å². The van der Waals surface area contributed by atoms with Gasteiger partial charge in [0.1, 0.15) is 24.4 Å². The van der Waals surface area contributed by atoms with Crippen LogP contribution in [0.2, 0.25) is 0 Å². The van der Waals surface area contributed by atoms with Crippen molar-refractivity contribution < 1.29 is 68.1 Å². The monoisotopic (exact) mass is 282 g/mol. The molecule has 12 heteroatoms. The van der Waals surface area contributed by atoms with Crippen LogP contribution in [-0.4, -0.2) is 67.2 Å². The van der Waals surface area contributed by atoms with Crippen molar-refractivity contribution in [3.05, 3.63) is 0 Å². The molecule has 0 spiro atoms. The molecule has 0 saturated carbocycles. The molecule has 0 rings (SSSR count). The summed E-state index contributed by atoms with van der Waals surface area (Å²) in [7, 11) is -4.88. The summed E-state index contributed by atoms with van der Waals surface area (Å²) in [6, 6.07) is 0. The van der Waals surface area contributed by atoms with Crippen molar-refractivity contribution in [1.82, 2.24) is 0 Å². The minimum atomic E-state index is -4.88. The van der Waals surface area contributed by atoms with Gasteiger partial charge in [-0.05, 0) is 0 Å². The fraction of sp³-hybridized carbons (Fsp3) is 0.833. The predicted octanol–water partition coefficient (Wildman–Crippen LogP) is -7.71. The maximum atomic E-state index is 10.2. The SMILES string of the molecule is O=C([O-])[C@H](O)[C@@H](O)[C@@H](O)[C@H](O)COP(=O)(O)O.[Li+]. The van der Waals surface area contributed by atoms with Gasteiger partial charge >= 0.3 is 26.7 Å². The van der Waals surface area contributed by atoms with Crippen LogP contribution in [-0.2, 0) is 13.9 Å². The van der Waals surface area contributed by atoms with Crippen LogP contribution < -0.4 is 24.0 Å². The molecule has 0 heterocycles. The zero-order valence-electron chi connectivity index (χ0n) is 9.28. The van der Waals surface area contributed by atoms with Crippen LogP contribution >= 0.6 is 7.82 Å². The van der Waals surface area contributed by atoms with Gasteiger partial charge in [0.25, 0.3) is 0 Å². The number of hydrogen-bond donors (Lipinski definition) is 6. The average molecular weight is 282 g/mol. The quantitative estimate of drug-likeness (QED) is 0.193. The molecule has 0 aromatic carbocycles. The van der Waals surface area contributed by atoms with E-state index in [1.807, 2.05) is 0 Å². The van der Waals surface area contributed by atoms with Crippen molar-refractivity contribution in [2.24, 2.45) is 0 Å². The van der Waals surface area contributed by atoms with Gasteiger partial charge in [0, 0.05) is 0 Å². The number of aliphatic hydroxyl groups is 4. The van der Waals surface area contributed by atoms with Crippen LogP contribution in [0.4, 0.5) is 0 Å². The normalized spacial score (nSPS) is 18.3. The maximum Gasteiger partial charge on any atom is 1.00 e. The van der Waals surface area contributed by atoms with Crippen molar-refractivity contribution in [3.8, 4) is 0 Å². The molecule has 0 saturated heterocycles. The van der Waals surface area contributed by atoms with Crippen LogP contribution in [0.15, 0.2) is 0 Å². The topological polar surface area (TPSA) is 188 Å². The van der Waals surface area contributed by atoms with E-state index < -0.39 is 44.8 Å². The van der Waals surface area contributed by atoms with Gasteiger partial charge in [-0.1, -0.05) is 0 Å². The summed E-state index contributed by atoms with van der Waals surface area (Å²) >= 11 is 0. The van der Waals surface area contributed by atoms with Gasteiger partial charge in [0.15, 0.2) is 0 Å². The first-order valence-electron chi connectivity index (χ1n) is 4.19. The first kappa shape index (κ1) is 20.3. The Morgan fingerprint density at radius 1 is 1.17 bits per heavy atom. The van der Waals surface area contributed by atoms with E-state index in [2.05, 4.69) is 4.52 Å². The fourth-order valence-corrected chi connectivity index (χ4v) is 1.17. The number of rotatable bonds is 7. The second-order valence-corrected chi connectivity index (χ2v) is 4.34. The van der Waals surface area contributed by atoms with E-state index in [0.29, 0.717) is 0 Å². The molecule has 4 atom stereocenters. The smallest absolute Gasteiger partial charge is 0.547 e. The number of carboxylic acid groups (broad SMARTS) is 1. The predicted molar refractivity (Wildman–Crippen MR) is 47.0 cm³/mol. The van der Waals surface area contributed by atoms with E-state index in [-0.39, 0.29) is 18.9 Å². The van der Waals surface area contributed by atoms with E-state index >= 15 is 0 Å². The van der Waals surface area contributed by atoms with Crippen molar-refractivity contribution >= 4 is 13.8 Å². The molecule has 102 valence electrons. The van der Waals surface area contributed by atoms with Gasteiger partial charge in [-0.15, -0.1) is 0 Å². The number of carboxylic acids is 1. The van der Waals surface area contributed by atoms with Crippen LogP contribution in [0.25, 0.3) is 0 Å². The minimum Gasteiger partial charge on any atom is -0.547 e. The summed E-state index contributed by atoms with van der Waals surface area (Å²) in [6.07, 6.45) is -8.95. The molecule has 6 N–H and O–H groups in total. The van der Waals surface area contributed by atoms with Gasteiger partial charge < -0.3 is 40.1 Å². The van der Waals surface area contributed by atoms with Crippen molar-refractivity contribution in [2.75, 3.05) is 6.61 Å². The third-order valence-corrected chi connectivity index (χ3v) is 2.21. The first-order valence-corrected chi connectivity index (χ1v) is 5.72. The number of phosphoric ester groups is 1. The first-order chi connectivity index (χ1) is 7.56. The fourth-order valence-electron chi connectivity index (χ4n) is 0.826. The van der Waals surface area contributed by atoms with Crippen LogP contribution in [0.3, 0.4) is 0 Å². The molecule has 0 unspecified atom stereocenters. The van der Waals surface area contributed by atoms with Gasteiger partial charge in [0.05, 0.1) is 12.6 Å². The van der Waals surface area contributed by atoms with Crippen molar-refractivity contribution in [2.45, 2.75) is 24.4 Å². The number of aliphatic hydroxyl groups excluding tert-OH is 4. The molecule has 0 aliphatic carbocycles. The summed E-state index contributed by atoms with van der Waals surface area (Å²) in [5, 5.41) is 46.1. The molecular formula is C6H12LiO10P. The van der Waals surface area contributed by atoms with E-state index in [0.717, 1.165) is 0 Å². The summed E-state index contributed by atoms with van der Waals surface area (Å²) in [4.78, 5) is 26.6. The molecule has 0 aromatic rings. The number of carbonyl (C=O) groups is 1. The number of hydrogen-bond acceptors (Lipinski definition) is 8. The van der Waals surface area contributed by atoms with E-state index in [9.17, 15) is 14.5 Å². The Bertz CT molecular complexity index is 305. The molecule has 0 radical (unpaired) electrons. The minimum absolute atomic E-state index is 0. The molecule has 0 aliphatic heterocycles. The molecule has 0 aromatic heterocycles. The van der Waals surface area contributed by atoms with Gasteiger partial charge in [-0.2, -0.15) is 0 Å². The Morgan fingerprint density at radius 2 is 1.61 bits per heavy atom. The summed E-state index contributed by atoms with van der Waals surface area (Å²) < 4.78 is 14.0. The Labute approximate surface area is 113 Å². The van der Waals surface area contributed by atoms with Gasteiger partial charge in [0.2, 0.25) is 0 Å². The van der Waals surface area contributed by atoms with E-state index in [4.69, 9.17) is 30.2 Å². The molecular weight excluding hydrogens is 270 g/mol. The zero-order chi connectivity index (χ0) is 13.8. The van der Waals surface area contributed by atoms with Crippen molar-refractivity contribution in [3.63, 3.8) is 0 Å². The van der Waals surface area contributed by atoms with E-state index in [1.165, 1.54) is 0 Å². The Balaban J connectivity index is 0. The van der Waals surface area contributed by atoms with Crippen LogP contribution in [0.1, 0.15) is 0 Å². The zero-order valence-corrected chi connectivity index (χ0v) is 10.2. The Hall–Kier alpha value is 0.0174. The van der Waals surface area contributed by atoms with E-state index in [1.54, 1.807) is 0 Å². The molecule has 0 fully saturated rings. The maximum absolute atomic E-state index is 10.2. The van der Waals surface area contributed by atoms with Crippen LogP contribution in [0, 0.1) is 0 Å². The standard InChI is InChI=1S/C6H13O10P.Li/c7-2(1-16-17(13,14)15)3(8)4(9)5(10)6(11)12;/h2-5,7-10H,1H2,(H,11,12)(H2,13,14,15);/q;+1/p-1/t2-,3+,4+,5-;/m1./s1. The second kappa shape index (κ2) is 8.24. The number of carbonyl (C=O) groups excluding carboxylic acids is 1. The Morgan fingerprint density at radius 3 is 1.94 bits per heavy atom. The number of aliphatic carboxylic acids is 1. The Kier molecular flexibility index (Phi) is 9.31. The third kappa shape index (κ3) is 7.45. The molecule has 0 aliphatic rings. The van der Waals surface area contributed by atoms with Crippen molar-refractivity contribution in [1.29, 1.82) is 0 Å². The number of phosphoric acid groups is 1. The summed E-state index contributed by atoms with van der Waals surface area (Å²) in [6.45, 7) is -1.07. The third-order valence-electron chi connectivity index (χ3n) is 1.72. The summed E-state index contributed by atoms with van der Waals surface area (Å²) in [5.41, 5.74) is 0. The molecule has 0 bridgehead atoms. The molecule has 18 heavy (non-hydrogen) atoms. The van der Waals surface area contributed by atoms with Crippen LogP contribution in [0.5, 0.6) is 0 Å². The summed E-state index contributed by atoms with van der Waals surface area (Å²) in [5.74, 6) is -2.08. The molecule has 0 amide bonds. The van der Waals surface area contributed by atoms with Gasteiger partial charge in [-0.3, -0.25) is 4.52 Å².